The molecule has 0 radical (unpaired) electrons. The Balaban J connectivity index is 1.61. The van der Waals surface area contributed by atoms with E-state index in [0.29, 0.717) is 0 Å². The van der Waals surface area contributed by atoms with Crippen LogP contribution in [-0.2, 0) is 14.2 Å². The Kier molecular flexibility index (Phi) is 1.08. The fraction of sp³-hybridized carbons (Fsp3) is 0.692. The summed E-state index contributed by atoms with van der Waals surface area (Å²) >= 11 is 0. The van der Waals surface area contributed by atoms with Crippen molar-refractivity contribution in [3.05, 3.63) is 24.3 Å². The molecular weight excluding hydrogens is 204 g/mol. The summed E-state index contributed by atoms with van der Waals surface area (Å²) in [6.07, 6.45) is 13.5. The number of rotatable bonds is 0. The van der Waals surface area contributed by atoms with E-state index in [9.17, 15) is 0 Å². The van der Waals surface area contributed by atoms with E-state index in [1.807, 2.05) is 0 Å². The Morgan fingerprint density at radius 1 is 0.625 bits per heavy atom. The molecule has 3 saturated heterocycles. The Hall–Kier alpha value is -0.640. The summed E-state index contributed by atoms with van der Waals surface area (Å²) in [6, 6.07) is 0. The first kappa shape index (κ1) is 8.45. The Labute approximate surface area is 94.1 Å². The smallest absolute Gasteiger partial charge is 0.205 e. The molecular formula is C13H14O3. The molecule has 0 aromatic carbocycles. The zero-order valence-corrected chi connectivity index (χ0v) is 9.07. The monoisotopic (exact) mass is 218 g/mol. The van der Waals surface area contributed by atoms with Crippen LogP contribution in [0.4, 0.5) is 0 Å². The molecule has 3 fully saturated rings. The van der Waals surface area contributed by atoms with E-state index in [0.717, 1.165) is 32.1 Å². The Morgan fingerprint density at radius 2 is 1.12 bits per heavy atom. The van der Waals surface area contributed by atoms with Crippen molar-refractivity contribution >= 4 is 0 Å². The van der Waals surface area contributed by atoms with Gasteiger partial charge < -0.3 is 14.2 Å². The third-order valence-corrected chi connectivity index (χ3v) is 4.93. The van der Waals surface area contributed by atoms with E-state index in [-0.39, 0.29) is 22.8 Å². The van der Waals surface area contributed by atoms with Crippen LogP contribution in [0.2, 0.25) is 0 Å². The van der Waals surface area contributed by atoms with Crippen LogP contribution < -0.4 is 0 Å². The second kappa shape index (κ2) is 2.05. The summed E-state index contributed by atoms with van der Waals surface area (Å²) in [5, 5.41) is 0. The molecule has 0 N–H and O–H groups in total. The van der Waals surface area contributed by atoms with Crippen LogP contribution in [0.25, 0.3) is 0 Å². The molecule has 3 nitrogen and oxygen atoms in total. The normalized spacial score (nSPS) is 64.0. The lowest BCUT2D eigenvalue weighted by molar-refractivity contribution is -0.154. The average Bonchev–Trinajstić information content (AvgIpc) is 3.09. The first-order valence-electron chi connectivity index (χ1n) is 6.15. The summed E-state index contributed by atoms with van der Waals surface area (Å²) in [4.78, 5) is 0. The summed E-state index contributed by atoms with van der Waals surface area (Å²) < 4.78 is 18.3. The molecule has 5 aliphatic rings. The minimum Gasteiger partial charge on any atom is -0.334 e. The molecule has 4 atom stereocenters. The van der Waals surface area contributed by atoms with Crippen LogP contribution in [-0.4, -0.2) is 22.8 Å². The van der Waals surface area contributed by atoms with Crippen molar-refractivity contribution in [1.29, 1.82) is 0 Å². The Bertz CT molecular complexity index is 378. The van der Waals surface area contributed by atoms with Crippen molar-refractivity contribution in [3.63, 3.8) is 0 Å². The number of hydrogen-bond acceptors (Lipinski definition) is 3. The highest BCUT2D eigenvalue weighted by Gasteiger charge is 2.88. The van der Waals surface area contributed by atoms with Gasteiger partial charge in [0.05, 0.1) is 0 Å². The van der Waals surface area contributed by atoms with Crippen LogP contribution in [0.15, 0.2) is 24.3 Å². The van der Waals surface area contributed by atoms with E-state index < -0.39 is 0 Å². The maximum atomic E-state index is 6.25. The van der Waals surface area contributed by atoms with E-state index in [4.69, 9.17) is 14.2 Å². The van der Waals surface area contributed by atoms with E-state index in [2.05, 4.69) is 24.3 Å². The van der Waals surface area contributed by atoms with Gasteiger partial charge in [0, 0.05) is 19.3 Å². The topological polar surface area (TPSA) is 34.3 Å². The van der Waals surface area contributed by atoms with Crippen LogP contribution >= 0.6 is 0 Å². The Morgan fingerprint density at radius 3 is 1.69 bits per heavy atom. The fourth-order valence-electron chi connectivity index (χ4n) is 3.98. The number of ether oxygens (including phenoxy) is 3. The lowest BCUT2D eigenvalue weighted by Crippen LogP contribution is -2.48. The van der Waals surface area contributed by atoms with Gasteiger partial charge in [-0.1, -0.05) is 24.3 Å². The first-order valence-corrected chi connectivity index (χ1v) is 6.15. The van der Waals surface area contributed by atoms with E-state index in [1.54, 1.807) is 0 Å². The molecule has 2 aliphatic carbocycles. The zero-order valence-electron chi connectivity index (χ0n) is 9.07. The standard InChI is InChI=1S/C13H14O3/c1-3-7-12-10(5-1,14-12)9-11-6-2-4-8-13(11,15-11)16-12/h1-4H,5-9H2/t10-,11-,12+,13+/m1/s1. The molecule has 3 heteroatoms. The van der Waals surface area contributed by atoms with Gasteiger partial charge >= 0.3 is 0 Å². The molecule has 5 rings (SSSR count). The third kappa shape index (κ3) is 0.666. The summed E-state index contributed by atoms with van der Waals surface area (Å²) in [5.74, 6) is -0.681. The second-order valence-electron chi connectivity index (χ2n) is 5.74. The van der Waals surface area contributed by atoms with E-state index in [1.165, 1.54) is 0 Å². The molecule has 0 amide bonds. The molecule has 84 valence electrons. The minimum atomic E-state index is -0.340. The summed E-state index contributed by atoms with van der Waals surface area (Å²) in [7, 11) is 0. The average molecular weight is 218 g/mol. The third-order valence-electron chi connectivity index (χ3n) is 4.93. The van der Waals surface area contributed by atoms with Gasteiger partial charge in [-0.3, -0.25) is 0 Å². The quantitative estimate of drug-likeness (QED) is 0.461. The predicted octanol–water partition coefficient (Wildman–Crippen LogP) is 2.04. The zero-order chi connectivity index (χ0) is 10.5. The SMILES string of the molecule is C1=CC[C@@]23O[C@]2(C1)C[C@]12CC=CC[C@]1(O2)O3. The molecule has 16 heavy (non-hydrogen) atoms. The van der Waals surface area contributed by atoms with Crippen molar-refractivity contribution in [2.45, 2.75) is 54.9 Å². The van der Waals surface area contributed by atoms with Gasteiger partial charge in [0.25, 0.3) is 0 Å². The van der Waals surface area contributed by atoms with Crippen molar-refractivity contribution in [3.8, 4) is 0 Å². The maximum absolute atomic E-state index is 6.25. The molecule has 0 aromatic heterocycles. The molecule has 0 aromatic rings. The molecule has 0 spiro atoms. The van der Waals surface area contributed by atoms with Gasteiger partial charge in [-0.2, -0.15) is 0 Å². The van der Waals surface area contributed by atoms with Crippen molar-refractivity contribution in [1.82, 2.24) is 0 Å². The highest BCUT2D eigenvalue weighted by molar-refractivity contribution is 5.33. The molecule has 3 aliphatic heterocycles. The van der Waals surface area contributed by atoms with Gasteiger partial charge in [0.1, 0.15) is 11.2 Å². The van der Waals surface area contributed by atoms with Crippen LogP contribution in [0.5, 0.6) is 0 Å². The lowest BCUT2D eigenvalue weighted by Gasteiger charge is -2.34. The lowest BCUT2D eigenvalue weighted by atomic mass is 9.75. The van der Waals surface area contributed by atoms with E-state index >= 15 is 0 Å². The number of hydrogen-bond donors (Lipinski definition) is 0. The molecule has 0 bridgehead atoms. The van der Waals surface area contributed by atoms with Crippen LogP contribution in [0.1, 0.15) is 32.1 Å². The van der Waals surface area contributed by atoms with Gasteiger partial charge in [0.2, 0.25) is 11.6 Å². The molecule has 0 unspecified atom stereocenters. The summed E-state index contributed by atoms with van der Waals surface area (Å²) in [5.41, 5.74) is -0.125. The van der Waals surface area contributed by atoms with Gasteiger partial charge in [-0.25, -0.2) is 0 Å². The number of epoxide rings is 2. The largest absolute Gasteiger partial charge is 0.334 e. The highest BCUT2D eigenvalue weighted by atomic mass is 16.9. The van der Waals surface area contributed by atoms with Gasteiger partial charge in [0.15, 0.2) is 0 Å². The minimum absolute atomic E-state index is 0.0626. The molecule has 3 heterocycles. The van der Waals surface area contributed by atoms with Crippen LogP contribution in [0, 0.1) is 0 Å². The second-order valence-corrected chi connectivity index (χ2v) is 5.74. The van der Waals surface area contributed by atoms with Gasteiger partial charge in [-0.15, -0.1) is 0 Å². The van der Waals surface area contributed by atoms with Crippen LogP contribution in [0.3, 0.4) is 0 Å². The maximum Gasteiger partial charge on any atom is 0.205 e. The fourth-order valence-corrected chi connectivity index (χ4v) is 3.98. The molecule has 0 saturated carbocycles. The first-order chi connectivity index (χ1) is 7.74. The predicted molar refractivity (Wildman–Crippen MR) is 55.5 cm³/mol. The summed E-state index contributed by atoms with van der Waals surface area (Å²) in [6.45, 7) is 0. The van der Waals surface area contributed by atoms with Crippen molar-refractivity contribution in [2.24, 2.45) is 0 Å². The van der Waals surface area contributed by atoms with Crippen molar-refractivity contribution < 1.29 is 14.2 Å². The van der Waals surface area contributed by atoms with Crippen molar-refractivity contribution in [2.75, 3.05) is 0 Å². The van der Waals surface area contributed by atoms with Gasteiger partial charge in [-0.05, 0) is 12.8 Å². The highest BCUT2D eigenvalue weighted by Crippen LogP contribution is 2.75.